The van der Waals surface area contributed by atoms with Gasteiger partial charge in [-0.1, -0.05) is 53.7 Å². The molecule has 1 heteroatoms. The van der Waals surface area contributed by atoms with Crippen LogP contribution in [0.4, 0.5) is 0 Å². The molecule has 0 heterocycles. The van der Waals surface area contributed by atoms with Crippen LogP contribution in [0, 0.1) is 56.7 Å². The standard InChI is InChI=1S/C30H48O/c1-19(2)20-11-14-27(5)17-18-29(7)21(25(20)27)9-10-23-28(6)15-13-24(31)26(3,4)22(28)12-16-30(23,29)8/h20-23,25H,1,9-18H2,2-8H3/t20-,21+,22-,23+,25-,27+,28-,29+,30+/m0/s1. The van der Waals surface area contributed by atoms with E-state index in [4.69, 9.17) is 0 Å². The fraction of sp³-hybridized carbons (Fsp3) is 0.900. The molecule has 0 radical (unpaired) electrons. The fourth-order valence-corrected chi connectivity index (χ4v) is 11.3. The lowest BCUT2D eigenvalue weighted by atomic mass is 9.32. The van der Waals surface area contributed by atoms with E-state index in [1.54, 1.807) is 0 Å². The quantitative estimate of drug-likeness (QED) is 0.387. The second-order valence-electron chi connectivity index (χ2n) is 14.5. The smallest absolute Gasteiger partial charge is 0.138 e. The first-order valence-electron chi connectivity index (χ1n) is 13.5. The first kappa shape index (κ1) is 22.2. The Hall–Kier alpha value is -0.590. The maximum Gasteiger partial charge on any atom is 0.138 e. The van der Waals surface area contributed by atoms with Crippen LogP contribution in [0.25, 0.3) is 0 Å². The maximum atomic E-state index is 12.9. The molecule has 0 bridgehead atoms. The minimum absolute atomic E-state index is 0.131. The molecule has 5 aliphatic rings. The van der Waals surface area contributed by atoms with Crippen molar-refractivity contribution in [1.82, 2.24) is 0 Å². The van der Waals surface area contributed by atoms with Gasteiger partial charge in [0.2, 0.25) is 0 Å². The summed E-state index contributed by atoms with van der Waals surface area (Å²) < 4.78 is 0. The first-order chi connectivity index (χ1) is 14.3. The van der Waals surface area contributed by atoms with E-state index in [9.17, 15) is 4.79 Å². The highest BCUT2D eigenvalue weighted by molar-refractivity contribution is 5.85. The highest BCUT2D eigenvalue weighted by Crippen LogP contribution is 2.77. The van der Waals surface area contributed by atoms with Crippen molar-refractivity contribution in [1.29, 1.82) is 0 Å². The Labute approximate surface area is 192 Å². The van der Waals surface area contributed by atoms with Crippen LogP contribution in [0.1, 0.15) is 113 Å². The van der Waals surface area contributed by atoms with E-state index in [0.717, 1.165) is 36.5 Å². The molecule has 5 aliphatic carbocycles. The zero-order valence-electron chi connectivity index (χ0n) is 21.6. The van der Waals surface area contributed by atoms with E-state index in [1.807, 2.05) is 0 Å². The van der Waals surface area contributed by atoms with E-state index < -0.39 is 0 Å². The van der Waals surface area contributed by atoms with Gasteiger partial charge in [0, 0.05) is 11.8 Å². The number of carbonyl (C=O) groups is 1. The fourth-order valence-electron chi connectivity index (χ4n) is 11.3. The van der Waals surface area contributed by atoms with Crippen LogP contribution in [-0.2, 0) is 4.79 Å². The van der Waals surface area contributed by atoms with E-state index >= 15 is 0 Å². The molecule has 0 aromatic carbocycles. The number of hydrogen-bond donors (Lipinski definition) is 0. The highest BCUT2D eigenvalue weighted by atomic mass is 16.1. The van der Waals surface area contributed by atoms with Crippen molar-refractivity contribution < 1.29 is 4.79 Å². The number of rotatable bonds is 1. The normalized spacial score (nSPS) is 55.6. The second-order valence-corrected chi connectivity index (χ2v) is 14.5. The summed E-state index contributed by atoms with van der Waals surface area (Å²) in [6.45, 7) is 22.0. The Morgan fingerprint density at radius 3 is 2.19 bits per heavy atom. The Morgan fingerprint density at radius 1 is 0.806 bits per heavy atom. The SMILES string of the molecule is C=C(C)[C@@H]1CC[C@]2(C)CC[C@]3(C)[C@H](CC[C@@H]4[C@@]5(C)CCC(=O)C(C)(C)[C@@H]5CC[C@]43C)[C@H]12. The number of hydrogen-bond acceptors (Lipinski definition) is 1. The van der Waals surface area contributed by atoms with Crippen LogP contribution in [0.5, 0.6) is 0 Å². The van der Waals surface area contributed by atoms with Gasteiger partial charge in [0.15, 0.2) is 0 Å². The molecule has 0 spiro atoms. The van der Waals surface area contributed by atoms with Crippen molar-refractivity contribution in [2.24, 2.45) is 56.7 Å². The summed E-state index contributed by atoms with van der Waals surface area (Å²) in [7, 11) is 0. The molecular weight excluding hydrogens is 376 g/mol. The van der Waals surface area contributed by atoms with Gasteiger partial charge in [0.25, 0.3) is 0 Å². The van der Waals surface area contributed by atoms with Gasteiger partial charge in [0.05, 0.1) is 0 Å². The lowest BCUT2D eigenvalue weighted by molar-refractivity contribution is -0.232. The van der Waals surface area contributed by atoms with Gasteiger partial charge < -0.3 is 0 Å². The van der Waals surface area contributed by atoms with Crippen LogP contribution in [0.3, 0.4) is 0 Å². The van der Waals surface area contributed by atoms with E-state index in [1.165, 1.54) is 56.9 Å². The van der Waals surface area contributed by atoms with Crippen molar-refractivity contribution in [2.45, 2.75) is 113 Å². The van der Waals surface area contributed by atoms with Crippen molar-refractivity contribution in [3.8, 4) is 0 Å². The predicted molar refractivity (Wildman–Crippen MR) is 130 cm³/mol. The number of Topliss-reactive ketones (excluding diaryl/α,β-unsaturated/α-hetero) is 1. The highest BCUT2D eigenvalue weighted by Gasteiger charge is 2.70. The van der Waals surface area contributed by atoms with Crippen LogP contribution in [-0.4, -0.2) is 5.78 Å². The van der Waals surface area contributed by atoms with E-state index in [2.05, 4.69) is 55.0 Å². The van der Waals surface area contributed by atoms with Gasteiger partial charge in [-0.15, -0.1) is 0 Å². The predicted octanol–water partition coefficient (Wildman–Crippen LogP) is 8.23. The summed E-state index contributed by atoms with van der Waals surface area (Å²) in [6.07, 6.45) is 13.0. The Kier molecular flexibility index (Phi) is 4.66. The number of ketones is 1. The van der Waals surface area contributed by atoms with Gasteiger partial charge in [-0.3, -0.25) is 4.79 Å². The molecule has 1 nitrogen and oxygen atoms in total. The summed E-state index contributed by atoms with van der Waals surface area (Å²) in [6, 6.07) is 0. The van der Waals surface area contributed by atoms with Crippen molar-refractivity contribution in [3.05, 3.63) is 12.2 Å². The van der Waals surface area contributed by atoms with Crippen LogP contribution in [0.2, 0.25) is 0 Å². The Bertz CT molecular complexity index is 807. The molecule has 5 saturated carbocycles. The summed E-state index contributed by atoms with van der Waals surface area (Å²) in [5.41, 5.74) is 3.06. The third-order valence-corrected chi connectivity index (χ3v) is 13.2. The summed E-state index contributed by atoms with van der Waals surface area (Å²) in [5, 5.41) is 0. The molecule has 0 N–H and O–H groups in total. The Balaban J connectivity index is 1.55. The van der Waals surface area contributed by atoms with Gasteiger partial charge in [0.1, 0.15) is 5.78 Å². The second kappa shape index (κ2) is 6.50. The topological polar surface area (TPSA) is 17.1 Å². The molecule has 0 unspecified atom stereocenters. The van der Waals surface area contributed by atoms with E-state index in [-0.39, 0.29) is 5.41 Å². The zero-order valence-corrected chi connectivity index (χ0v) is 21.6. The molecule has 0 aliphatic heterocycles. The maximum absolute atomic E-state index is 12.9. The van der Waals surface area contributed by atoms with Crippen LogP contribution < -0.4 is 0 Å². The van der Waals surface area contributed by atoms with Gasteiger partial charge in [-0.2, -0.15) is 0 Å². The first-order valence-corrected chi connectivity index (χ1v) is 13.5. The molecule has 0 aromatic rings. The van der Waals surface area contributed by atoms with Crippen molar-refractivity contribution in [3.63, 3.8) is 0 Å². The van der Waals surface area contributed by atoms with Gasteiger partial charge in [-0.25, -0.2) is 0 Å². The minimum atomic E-state index is -0.131. The summed E-state index contributed by atoms with van der Waals surface area (Å²) >= 11 is 0. The molecule has 31 heavy (non-hydrogen) atoms. The molecule has 5 fully saturated rings. The summed E-state index contributed by atoms with van der Waals surface area (Å²) in [5.74, 6) is 4.33. The third kappa shape index (κ3) is 2.59. The van der Waals surface area contributed by atoms with Gasteiger partial charge >= 0.3 is 0 Å². The molecule has 0 amide bonds. The average Bonchev–Trinajstić information content (AvgIpc) is 3.04. The van der Waals surface area contributed by atoms with Gasteiger partial charge in [-0.05, 0) is 116 Å². The average molecular weight is 425 g/mol. The van der Waals surface area contributed by atoms with Crippen molar-refractivity contribution >= 4 is 5.78 Å². The van der Waals surface area contributed by atoms with Crippen LogP contribution in [0.15, 0.2) is 12.2 Å². The summed E-state index contributed by atoms with van der Waals surface area (Å²) in [4.78, 5) is 12.9. The lowest BCUT2D eigenvalue weighted by Gasteiger charge is -2.72. The molecule has 174 valence electrons. The third-order valence-electron chi connectivity index (χ3n) is 13.2. The number of carbonyl (C=O) groups excluding carboxylic acids is 1. The number of fused-ring (bicyclic) bond motifs is 7. The monoisotopic (exact) mass is 424 g/mol. The molecule has 0 saturated heterocycles. The zero-order chi connectivity index (χ0) is 22.6. The van der Waals surface area contributed by atoms with Crippen LogP contribution >= 0.6 is 0 Å². The molecule has 9 atom stereocenters. The molecule has 5 rings (SSSR count). The van der Waals surface area contributed by atoms with E-state index in [0.29, 0.717) is 33.4 Å². The van der Waals surface area contributed by atoms with Crippen molar-refractivity contribution in [2.75, 3.05) is 0 Å². The lowest BCUT2D eigenvalue weighted by Crippen LogP contribution is -2.66. The minimum Gasteiger partial charge on any atom is -0.299 e. The largest absolute Gasteiger partial charge is 0.299 e. The molecule has 0 aromatic heterocycles. The molecular formula is C30H48O. The number of allylic oxidation sites excluding steroid dienone is 1. The Morgan fingerprint density at radius 2 is 1.52 bits per heavy atom.